The van der Waals surface area contributed by atoms with E-state index in [9.17, 15) is 18.0 Å². The molecule has 1 aliphatic rings. The number of esters is 1. The van der Waals surface area contributed by atoms with Gasteiger partial charge < -0.3 is 14.0 Å². The number of aromatic nitrogens is 1. The maximum absolute atomic E-state index is 13.1. The first kappa shape index (κ1) is 26.9. The van der Waals surface area contributed by atoms with E-state index in [4.69, 9.17) is 9.47 Å². The normalized spacial score (nSPS) is 19.2. The fraction of sp³-hybridized carbons (Fsp3) is 0.346. The van der Waals surface area contributed by atoms with Crippen LogP contribution < -0.4 is 4.80 Å². The van der Waals surface area contributed by atoms with Crippen LogP contribution in [0.4, 0.5) is 0 Å². The first-order chi connectivity index (χ1) is 17.6. The van der Waals surface area contributed by atoms with Gasteiger partial charge in [0.05, 0.1) is 39.5 Å². The van der Waals surface area contributed by atoms with Gasteiger partial charge in [0.15, 0.2) is 4.80 Å². The molecule has 1 aliphatic heterocycles. The molecule has 9 nitrogen and oxygen atoms in total. The third kappa shape index (κ3) is 5.74. The predicted molar refractivity (Wildman–Crippen MR) is 141 cm³/mol. The van der Waals surface area contributed by atoms with Gasteiger partial charge in [0.1, 0.15) is 0 Å². The molecule has 0 saturated carbocycles. The van der Waals surface area contributed by atoms with Gasteiger partial charge in [-0.05, 0) is 63.2 Å². The number of fused-ring (bicyclic) bond motifs is 1. The lowest BCUT2D eigenvalue weighted by atomic mass is 10.2. The van der Waals surface area contributed by atoms with Gasteiger partial charge in [-0.25, -0.2) is 13.2 Å². The van der Waals surface area contributed by atoms with Crippen LogP contribution >= 0.6 is 11.3 Å². The Morgan fingerprint density at radius 3 is 2.41 bits per heavy atom. The van der Waals surface area contributed by atoms with Crippen molar-refractivity contribution in [1.29, 1.82) is 0 Å². The van der Waals surface area contributed by atoms with Crippen molar-refractivity contribution in [2.24, 2.45) is 4.99 Å². The highest BCUT2D eigenvalue weighted by atomic mass is 32.2. The highest BCUT2D eigenvalue weighted by Crippen LogP contribution is 2.23. The van der Waals surface area contributed by atoms with E-state index < -0.39 is 21.9 Å². The highest BCUT2D eigenvalue weighted by molar-refractivity contribution is 7.89. The molecule has 0 aliphatic carbocycles. The Balaban J connectivity index is 1.64. The Hall–Kier alpha value is -3.12. The van der Waals surface area contributed by atoms with Crippen molar-refractivity contribution < 1.29 is 27.5 Å². The first-order valence-electron chi connectivity index (χ1n) is 11.9. The van der Waals surface area contributed by atoms with Crippen LogP contribution in [0.15, 0.2) is 65.0 Å². The van der Waals surface area contributed by atoms with E-state index in [2.05, 4.69) is 11.6 Å². The lowest BCUT2D eigenvalue weighted by Crippen LogP contribution is -2.48. The van der Waals surface area contributed by atoms with Crippen molar-refractivity contribution in [3.63, 3.8) is 0 Å². The van der Waals surface area contributed by atoms with Gasteiger partial charge in [-0.1, -0.05) is 17.4 Å². The van der Waals surface area contributed by atoms with Gasteiger partial charge >= 0.3 is 5.97 Å². The number of nitrogens with zero attached hydrogens (tertiary/aromatic N) is 3. The third-order valence-corrected chi connectivity index (χ3v) is 8.71. The second kappa shape index (κ2) is 11.1. The van der Waals surface area contributed by atoms with Gasteiger partial charge in [0.25, 0.3) is 5.91 Å². The van der Waals surface area contributed by atoms with Crippen LogP contribution in [-0.2, 0) is 26.0 Å². The predicted octanol–water partition coefficient (Wildman–Crippen LogP) is 3.60. The molecule has 37 heavy (non-hydrogen) atoms. The number of hydrogen-bond acceptors (Lipinski definition) is 7. The number of thiazole rings is 1. The summed E-state index contributed by atoms with van der Waals surface area (Å²) in [5.74, 6) is -0.925. The lowest BCUT2D eigenvalue weighted by Gasteiger charge is -2.34. The number of benzene rings is 2. The minimum absolute atomic E-state index is 0.112. The standard InChI is InChI=1S/C26H29N3O6S2/c1-5-13-29-22-12-9-20(25(31)34-6-2)14-23(22)36-26(29)27-24(30)19-7-10-21(11-8-19)37(32,33)28-15-17(3)35-18(4)16-28/h5,7-12,14,17-18H,1,6,13,15-16H2,2-4H3. The van der Waals surface area contributed by atoms with E-state index in [-0.39, 0.29) is 42.4 Å². The molecule has 2 heterocycles. The zero-order chi connectivity index (χ0) is 26.7. The fourth-order valence-electron chi connectivity index (χ4n) is 4.20. The average molecular weight is 544 g/mol. The summed E-state index contributed by atoms with van der Waals surface area (Å²) in [6, 6.07) is 11.0. The van der Waals surface area contributed by atoms with E-state index in [0.717, 1.165) is 10.2 Å². The van der Waals surface area contributed by atoms with Crippen LogP contribution in [0.5, 0.6) is 0 Å². The summed E-state index contributed by atoms with van der Waals surface area (Å²) >= 11 is 1.27. The summed E-state index contributed by atoms with van der Waals surface area (Å²) in [6.45, 7) is 10.4. The van der Waals surface area contributed by atoms with Gasteiger partial charge in [-0.15, -0.1) is 6.58 Å². The molecule has 2 atom stereocenters. The number of hydrogen-bond donors (Lipinski definition) is 0. The zero-order valence-electron chi connectivity index (χ0n) is 20.9. The van der Waals surface area contributed by atoms with E-state index in [1.54, 1.807) is 31.2 Å². The molecular formula is C26H29N3O6S2. The quantitative estimate of drug-likeness (QED) is 0.333. The minimum Gasteiger partial charge on any atom is -0.462 e. The Bertz CT molecular complexity index is 1500. The number of rotatable bonds is 7. The molecule has 4 rings (SSSR count). The molecule has 2 unspecified atom stereocenters. The summed E-state index contributed by atoms with van der Waals surface area (Å²) in [5, 5.41) is 0. The molecule has 1 saturated heterocycles. The fourth-order valence-corrected chi connectivity index (χ4v) is 6.87. The van der Waals surface area contributed by atoms with Crippen LogP contribution in [0.1, 0.15) is 41.5 Å². The van der Waals surface area contributed by atoms with Crippen molar-refractivity contribution in [2.75, 3.05) is 19.7 Å². The third-order valence-electron chi connectivity index (χ3n) is 5.83. The molecule has 1 aromatic heterocycles. The van der Waals surface area contributed by atoms with Crippen LogP contribution in [0, 0.1) is 0 Å². The first-order valence-corrected chi connectivity index (χ1v) is 14.2. The number of carbonyl (C=O) groups is 2. The monoisotopic (exact) mass is 543 g/mol. The summed E-state index contributed by atoms with van der Waals surface area (Å²) in [7, 11) is -3.72. The SMILES string of the molecule is C=CCn1c(=NC(=O)c2ccc(S(=O)(=O)N3CC(C)OC(C)C3)cc2)sc2cc(C(=O)OCC)ccc21. The number of ether oxygens (including phenoxy) is 2. The molecule has 0 radical (unpaired) electrons. The summed E-state index contributed by atoms with van der Waals surface area (Å²) in [6.07, 6.45) is 1.30. The number of carbonyl (C=O) groups excluding carboxylic acids is 2. The van der Waals surface area contributed by atoms with Crippen LogP contribution in [0.25, 0.3) is 10.2 Å². The van der Waals surface area contributed by atoms with Gasteiger partial charge in [0, 0.05) is 25.2 Å². The van der Waals surface area contributed by atoms with Crippen molar-refractivity contribution >= 4 is 43.5 Å². The Morgan fingerprint density at radius 2 is 1.78 bits per heavy atom. The van der Waals surface area contributed by atoms with Crippen molar-refractivity contribution in [2.45, 2.75) is 44.4 Å². The molecule has 0 bridgehead atoms. The lowest BCUT2D eigenvalue weighted by molar-refractivity contribution is -0.0440. The summed E-state index contributed by atoms with van der Waals surface area (Å²) < 4.78 is 40.9. The van der Waals surface area contributed by atoms with Gasteiger partial charge in [0.2, 0.25) is 10.0 Å². The average Bonchev–Trinajstić information content (AvgIpc) is 3.20. The molecule has 3 aromatic rings. The maximum Gasteiger partial charge on any atom is 0.338 e. The zero-order valence-corrected chi connectivity index (χ0v) is 22.5. The van der Waals surface area contributed by atoms with Gasteiger partial charge in [-0.2, -0.15) is 9.30 Å². The van der Waals surface area contributed by atoms with Crippen molar-refractivity contribution in [3.05, 3.63) is 71.0 Å². The Kier molecular flexibility index (Phi) is 8.08. The Morgan fingerprint density at radius 1 is 1.14 bits per heavy atom. The molecule has 196 valence electrons. The topological polar surface area (TPSA) is 107 Å². The highest BCUT2D eigenvalue weighted by Gasteiger charge is 2.32. The molecule has 0 spiro atoms. The Labute approximate surface area is 219 Å². The van der Waals surface area contributed by atoms with E-state index >= 15 is 0 Å². The minimum atomic E-state index is -3.72. The van der Waals surface area contributed by atoms with Crippen LogP contribution in [0.2, 0.25) is 0 Å². The van der Waals surface area contributed by atoms with E-state index in [1.165, 1.54) is 39.9 Å². The van der Waals surface area contributed by atoms with Gasteiger partial charge in [-0.3, -0.25) is 4.79 Å². The maximum atomic E-state index is 13.1. The summed E-state index contributed by atoms with van der Waals surface area (Å²) in [5.41, 5.74) is 1.48. The molecule has 11 heteroatoms. The molecular weight excluding hydrogens is 514 g/mol. The second-order valence-corrected chi connectivity index (χ2v) is 11.7. The smallest absolute Gasteiger partial charge is 0.338 e. The van der Waals surface area contributed by atoms with Crippen LogP contribution in [0.3, 0.4) is 0 Å². The molecule has 1 amide bonds. The van der Waals surface area contributed by atoms with Crippen molar-refractivity contribution in [1.82, 2.24) is 8.87 Å². The molecule has 0 N–H and O–H groups in total. The largest absolute Gasteiger partial charge is 0.462 e. The number of amides is 1. The summed E-state index contributed by atoms with van der Waals surface area (Å²) in [4.78, 5) is 30.0. The number of sulfonamides is 1. The number of morpholine rings is 1. The van der Waals surface area contributed by atoms with E-state index in [0.29, 0.717) is 16.9 Å². The molecule has 2 aromatic carbocycles. The molecule has 1 fully saturated rings. The van der Waals surface area contributed by atoms with Crippen LogP contribution in [-0.4, -0.2) is 61.1 Å². The van der Waals surface area contributed by atoms with E-state index in [1.807, 2.05) is 18.4 Å². The second-order valence-electron chi connectivity index (χ2n) is 8.71. The number of allylic oxidation sites excluding steroid dienone is 1. The van der Waals surface area contributed by atoms with Crippen molar-refractivity contribution in [3.8, 4) is 0 Å².